The summed E-state index contributed by atoms with van der Waals surface area (Å²) in [7, 11) is 0. The van der Waals surface area contributed by atoms with Gasteiger partial charge in [0, 0.05) is 16.5 Å². The van der Waals surface area contributed by atoms with Crippen molar-refractivity contribution < 1.29 is 23.5 Å². The highest BCUT2D eigenvalue weighted by molar-refractivity contribution is 5.88. The maximum absolute atomic E-state index is 12.3. The van der Waals surface area contributed by atoms with Crippen LogP contribution in [-0.2, 0) is 9.53 Å². The van der Waals surface area contributed by atoms with Crippen molar-refractivity contribution in [3.05, 3.63) is 39.2 Å². The van der Waals surface area contributed by atoms with E-state index in [1.165, 1.54) is 6.92 Å². The van der Waals surface area contributed by atoms with Crippen LogP contribution in [0, 0.1) is 20.8 Å². The lowest BCUT2D eigenvalue weighted by molar-refractivity contribution is -0.136. The van der Waals surface area contributed by atoms with Crippen LogP contribution in [0.1, 0.15) is 44.4 Å². The Morgan fingerprint density at radius 2 is 1.70 bits per heavy atom. The van der Waals surface area contributed by atoms with E-state index in [4.69, 9.17) is 13.9 Å². The molecule has 27 heavy (non-hydrogen) atoms. The Hall–Kier alpha value is -2.83. The predicted octanol–water partition coefficient (Wildman–Crippen LogP) is 3.54. The van der Waals surface area contributed by atoms with Crippen molar-refractivity contribution >= 4 is 23.0 Å². The summed E-state index contributed by atoms with van der Waals surface area (Å²) >= 11 is 0. The van der Waals surface area contributed by atoms with Gasteiger partial charge < -0.3 is 19.2 Å². The first-order chi connectivity index (χ1) is 12.4. The molecule has 1 unspecified atom stereocenters. The number of rotatable bonds is 3. The third-order valence-corrected chi connectivity index (χ3v) is 4.12. The Balaban J connectivity index is 2.22. The molecule has 1 amide bonds. The molecule has 1 heterocycles. The highest BCUT2D eigenvalue weighted by Gasteiger charge is 2.23. The predicted molar refractivity (Wildman–Crippen MR) is 101 cm³/mol. The van der Waals surface area contributed by atoms with Crippen molar-refractivity contribution in [2.45, 2.75) is 60.1 Å². The van der Waals surface area contributed by atoms with Gasteiger partial charge >= 0.3 is 17.7 Å². The number of carbonyl (C=O) groups excluding carboxylic acids is 2. The average molecular weight is 375 g/mol. The van der Waals surface area contributed by atoms with Gasteiger partial charge in [0.25, 0.3) is 0 Å². The van der Waals surface area contributed by atoms with E-state index in [0.717, 1.165) is 10.9 Å². The molecule has 0 spiro atoms. The molecule has 0 aliphatic heterocycles. The average Bonchev–Trinajstić information content (AvgIpc) is 2.54. The molecule has 0 saturated carbocycles. The minimum atomic E-state index is -0.915. The molecule has 7 heteroatoms. The SMILES string of the molecule is Cc1c(C)c2ccc(OC(=O)C(C)NC(=O)OC(C)(C)C)c(C)c2oc1=O. The quantitative estimate of drug-likeness (QED) is 0.501. The fourth-order valence-electron chi connectivity index (χ4n) is 2.48. The van der Waals surface area contributed by atoms with Crippen LogP contribution in [0.2, 0.25) is 0 Å². The van der Waals surface area contributed by atoms with Gasteiger partial charge in [-0.2, -0.15) is 0 Å². The maximum atomic E-state index is 12.3. The van der Waals surface area contributed by atoms with E-state index in [2.05, 4.69) is 5.32 Å². The molecule has 146 valence electrons. The van der Waals surface area contributed by atoms with E-state index in [1.54, 1.807) is 46.8 Å². The topological polar surface area (TPSA) is 94.8 Å². The number of aryl methyl sites for hydroxylation is 2. The lowest BCUT2D eigenvalue weighted by Crippen LogP contribution is -2.43. The Bertz CT molecular complexity index is 952. The number of carbonyl (C=O) groups is 2. The molecule has 2 rings (SSSR count). The zero-order chi connectivity index (χ0) is 20.5. The smallest absolute Gasteiger partial charge is 0.408 e. The number of amides is 1. The second kappa shape index (κ2) is 7.42. The molecule has 1 N–H and O–H groups in total. The van der Waals surface area contributed by atoms with Crippen LogP contribution in [0.5, 0.6) is 5.75 Å². The van der Waals surface area contributed by atoms with Gasteiger partial charge in [-0.15, -0.1) is 0 Å². The number of alkyl carbamates (subject to hydrolysis) is 1. The standard InChI is InChI=1S/C20H25NO6/c1-10-11(2)17(22)26-16-12(3)15(9-8-14(10)16)25-18(23)13(4)21-19(24)27-20(5,6)7/h8-9,13H,1-7H3,(H,21,24). The monoisotopic (exact) mass is 375 g/mol. The normalized spacial score (nSPS) is 12.6. The molecule has 7 nitrogen and oxygen atoms in total. The minimum absolute atomic E-state index is 0.261. The second-order valence-electron chi connectivity index (χ2n) is 7.49. The number of benzene rings is 1. The molecule has 0 aliphatic rings. The summed E-state index contributed by atoms with van der Waals surface area (Å²) in [6.45, 7) is 11.9. The largest absolute Gasteiger partial charge is 0.444 e. The van der Waals surface area contributed by atoms with Gasteiger partial charge in [0.05, 0.1) is 0 Å². The second-order valence-corrected chi connectivity index (χ2v) is 7.49. The zero-order valence-corrected chi connectivity index (χ0v) is 16.7. The lowest BCUT2D eigenvalue weighted by Gasteiger charge is -2.21. The van der Waals surface area contributed by atoms with Gasteiger partial charge in [0.15, 0.2) is 0 Å². The zero-order valence-electron chi connectivity index (χ0n) is 16.7. The fourth-order valence-corrected chi connectivity index (χ4v) is 2.48. The van der Waals surface area contributed by atoms with Crippen LogP contribution in [-0.4, -0.2) is 23.7 Å². The van der Waals surface area contributed by atoms with Gasteiger partial charge in [-0.25, -0.2) is 14.4 Å². The van der Waals surface area contributed by atoms with Gasteiger partial charge in [-0.1, -0.05) is 0 Å². The fraction of sp³-hybridized carbons (Fsp3) is 0.450. The van der Waals surface area contributed by atoms with Gasteiger partial charge in [0.2, 0.25) is 0 Å². The summed E-state index contributed by atoms with van der Waals surface area (Å²) in [4.78, 5) is 36.0. The molecule has 1 atom stereocenters. The Kier molecular flexibility index (Phi) is 5.63. The van der Waals surface area contributed by atoms with Crippen LogP contribution >= 0.6 is 0 Å². The summed E-state index contributed by atoms with van der Waals surface area (Å²) in [5.74, 6) is -0.397. The van der Waals surface area contributed by atoms with Crippen molar-refractivity contribution in [3.8, 4) is 5.75 Å². The summed E-state index contributed by atoms with van der Waals surface area (Å²) < 4.78 is 15.9. The molecule has 1 aromatic carbocycles. The molecule has 2 aromatic rings. The third kappa shape index (κ3) is 4.67. The van der Waals surface area contributed by atoms with Gasteiger partial charge in [0.1, 0.15) is 23.0 Å². The highest BCUT2D eigenvalue weighted by atomic mass is 16.6. The Morgan fingerprint density at radius 1 is 1.07 bits per heavy atom. The van der Waals surface area contributed by atoms with E-state index in [9.17, 15) is 14.4 Å². The van der Waals surface area contributed by atoms with Gasteiger partial charge in [-0.05, 0) is 66.2 Å². The van der Waals surface area contributed by atoms with Crippen molar-refractivity contribution in [2.24, 2.45) is 0 Å². The number of esters is 1. The van der Waals surface area contributed by atoms with Crippen LogP contribution in [0.4, 0.5) is 4.79 Å². The van der Waals surface area contributed by atoms with E-state index in [1.807, 2.05) is 6.92 Å². The van der Waals surface area contributed by atoms with E-state index >= 15 is 0 Å². The molecule has 0 radical (unpaired) electrons. The number of ether oxygens (including phenoxy) is 2. The number of nitrogens with one attached hydrogen (secondary N) is 1. The minimum Gasteiger partial charge on any atom is -0.444 e. The first kappa shape index (κ1) is 20.5. The molecule has 1 aromatic heterocycles. The Labute approximate surface area is 157 Å². The molecule has 0 fully saturated rings. The van der Waals surface area contributed by atoms with Gasteiger partial charge in [-0.3, -0.25) is 0 Å². The summed E-state index contributed by atoms with van der Waals surface area (Å²) in [5, 5.41) is 3.21. The van der Waals surface area contributed by atoms with Crippen molar-refractivity contribution in [1.29, 1.82) is 0 Å². The highest BCUT2D eigenvalue weighted by Crippen LogP contribution is 2.29. The number of fused-ring (bicyclic) bond motifs is 1. The van der Waals surface area contributed by atoms with Crippen LogP contribution in [0.25, 0.3) is 11.0 Å². The van der Waals surface area contributed by atoms with Crippen molar-refractivity contribution in [3.63, 3.8) is 0 Å². The summed E-state index contributed by atoms with van der Waals surface area (Å²) in [6.07, 6.45) is -0.709. The molecule has 0 aliphatic carbocycles. The molecule has 0 bridgehead atoms. The first-order valence-corrected chi connectivity index (χ1v) is 8.65. The van der Waals surface area contributed by atoms with Crippen molar-refractivity contribution in [1.82, 2.24) is 5.32 Å². The third-order valence-electron chi connectivity index (χ3n) is 4.12. The summed E-state index contributed by atoms with van der Waals surface area (Å²) in [5.41, 5.74) is 1.18. The molecular formula is C20H25NO6. The number of hydrogen-bond acceptors (Lipinski definition) is 6. The van der Waals surface area contributed by atoms with E-state index in [0.29, 0.717) is 16.7 Å². The molecular weight excluding hydrogens is 350 g/mol. The maximum Gasteiger partial charge on any atom is 0.408 e. The summed E-state index contributed by atoms with van der Waals surface area (Å²) in [6, 6.07) is 2.46. The lowest BCUT2D eigenvalue weighted by atomic mass is 10.0. The first-order valence-electron chi connectivity index (χ1n) is 8.65. The number of hydrogen-bond donors (Lipinski definition) is 1. The van der Waals surface area contributed by atoms with Crippen molar-refractivity contribution in [2.75, 3.05) is 0 Å². The van der Waals surface area contributed by atoms with E-state index in [-0.39, 0.29) is 5.75 Å². The van der Waals surface area contributed by atoms with Crippen LogP contribution in [0.15, 0.2) is 21.3 Å². The Morgan fingerprint density at radius 3 is 2.30 bits per heavy atom. The van der Waals surface area contributed by atoms with Crippen LogP contribution in [0.3, 0.4) is 0 Å². The van der Waals surface area contributed by atoms with Crippen LogP contribution < -0.4 is 15.7 Å². The van der Waals surface area contributed by atoms with E-state index < -0.39 is 29.3 Å². The molecule has 0 saturated heterocycles.